The number of nitrogens with one attached hydrogen (secondary N) is 1. The van der Waals surface area contributed by atoms with Crippen molar-refractivity contribution in [2.45, 2.75) is 33.6 Å². The molecule has 7 heteroatoms. The van der Waals surface area contributed by atoms with Gasteiger partial charge in [-0.2, -0.15) is 5.10 Å². The quantitative estimate of drug-likeness (QED) is 0.842. The number of hydrogen-bond acceptors (Lipinski definition) is 4. The van der Waals surface area contributed by atoms with E-state index in [1.807, 2.05) is 32.9 Å². The van der Waals surface area contributed by atoms with Crippen LogP contribution in [0.25, 0.3) is 5.69 Å². The zero-order valence-electron chi connectivity index (χ0n) is 15.9. The molecule has 7 nitrogen and oxygen atoms in total. The third kappa shape index (κ3) is 4.03. The Balaban J connectivity index is 1.77. The highest BCUT2D eigenvalue weighted by Crippen LogP contribution is 2.30. The lowest BCUT2D eigenvalue weighted by molar-refractivity contribution is -0.154. The van der Waals surface area contributed by atoms with Gasteiger partial charge in [0.25, 0.3) is 5.91 Å². The molecule has 0 atom stereocenters. The number of carboxylic acids is 1. The molecule has 2 N–H and O–H groups in total. The van der Waals surface area contributed by atoms with E-state index < -0.39 is 11.4 Å². The number of ether oxygens (including phenoxy) is 1. The molecule has 0 saturated carbocycles. The van der Waals surface area contributed by atoms with E-state index in [9.17, 15) is 14.7 Å². The number of nitrogens with zero attached hydrogens (tertiary/aromatic N) is 2. The lowest BCUT2D eigenvalue weighted by Gasteiger charge is -2.32. The largest absolute Gasteiger partial charge is 0.481 e. The van der Waals surface area contributed by atoms with E-state index in [2.05, 4.69) is 16.5 Å². The van der Waals surface area contributed by atoms with Crippen LogP contribution in [0.4, 0.5) is 0 Å². The van der Waals surface area contributed by atoms with Crippen LogP contribution in [0.1, 0.15) is 40.2 Å². The number of aromatic nitrogens is 2. The summed E-state index contributed by atoms with van der Waals surface area (Å²) in [6.45, 7) is 6.77. The molecular formula is C20H25N3O4. The predicted octanol–water partition coefficient (Wildman–Crippen LogP) is 2.41. The summed E-state index contributed by atoms with van der Waals surface area (Å²) in [5.74, 6) is -1.27. The van der Waals surface area contributed by atoms with E-state index in [-0.39, 0.29) is 18.1 Å². The summed E-state index contributed by atoms with van der Waals surface area (Å²) in [6, 6.07) is 7.81. The van der Waals surface area contributed by atoms with Crippen LogP contribution in [0.5, 0.6) is 0 Å². The molecule has 1 amide bonds. The molecule has 3 rings (SSSR count). The van der Waals surface area contributed by atoms with Crippen molar-refractivity contribution >= 4 is 11.9 Å². The number of benzene rings is 1. The number of amides is 1. The standard InChI is InChI=1S/C20H25N3O4/c1-13-8-14(2)10-16(9-13)23-15(3)11-17(22-23)18(24)21-12-20(19(25)26)4-6-27-7-5-20/h8-11H,4-7,12H2,1-3H3,(H,21,24)(H,25,26). The topological polar surface area (TPSA) is 93.5 Å². The average molecular weight is 371 g/mol. The molecule has 1 aliphatic rings. The van der Waals surface area contributed by atoms with Gasteiger partial charge in [0.05, 0.1) is 11.1 Å². The van der Waals surface area contributed by atoms with Gasteiger partial charge in [0.15, 0.2) is 5.69 Å². The SMILES string of the molecule is Cc1cc(C)cc(-n2nc(C(=O)NCC3(C(=O)O)CCOCC3)cc2C)c1. The molecule has 1 aliphatic heterocycles. The number of aliphatic carboxylic acids is 1. The molecule has 27 heavy (non-hydrogen) atoms. The maximum Gasteiger partial charge on any atom is 0.311 e. The van der Waals surface area contributed by atoms with Crippen LogP contribution in [-0.4, -0.2) is 46.5 Å². The summed E-state index contributed by atoms with van der Waals surface area (Å²) >= 11 is 0. The third-order valence-corrected chi connectivity index (χ3v) is 5.06. The highest BCUT2D eigenvalue weighted by atomic mass is 16.5. The Kier molecular flexibility index (Phi) is 5.32. The zero-order chi connectivity index (χ0) is 19.6. The van der Waals surface area contributed by atoms with Crippen LogP contribution in [0, 0.1) is 26.2 Å². The molecule has 2 heterocycles. The van der Waals surface area contributed by atoms with E-state index in [1.165, 1.54) is 0 Å². The molecule has 0 aliphatic carbocycles. The first-order valence-corrected chi connectivity index (χ1v) is 9.05. The van der Waals surface area contributed by atoms with Crippen molar-refractivity contribution in [3.8, 4) is 5.69 Å². The van der Waals surface area contributed by atoms with Crippen molar-refractivity contribution in [3.63, 3.8) is 0 Å². The zero-order valence-corrected chi connectivity index (χ0v) is 15.9. The summed E-state index contributed by atoms with van der Waals surface area (Å²) in [7, 11) is 0. The van der Waals surface area contributed by atoms with Crippen molar-refractivity contribution in [3.05, 3.63) is 46.8 Å². The van der Waals surface area contributed by atoms with E-state index in [0.717, 1.165) is 22.5 Å². The lowest BCUT2D eigenvalue weighted by atomic mass is 9.80. The smallest absolute Gasteiger partial charge is 0.311 e. The fourth-order valence-corrected chi connectivity index (χ4v) is 3.49. The van der Waals surface area contributed by atoms with E-state index >= 15 is 0 Å². The Bertz CT molecular complexity index is 846. The van der Waals surface area contributed by atoms with Crippen molar-refractivity contribution in [1.29, 1.82) is 0 Å². The average Bonchev–Trinajstić information content (AvgIpc) is 3.01. The van der Waals surface area contributed by atoms with Gasteiger partial charge in [0.2, 0.25) is 0 Å². The van der Waals surface area contributed by atoms with Gasteiger partial charge < -0.3 is 15.2 Å². The Hall–Kier alpha value is -2.67. The second kappa shape index (κ2) is 7.52. The molecular weight excluding hydrogens is 346 g/mol. The fraction of sp³-hybridized carbons (Fsp3) is 0.450. The Morgan fingerprint density at radius 1 is 1.15 bits per heavy atom. The van der Waals surface area contributed by atoms with Gasteiger partial charge in [-0.05, 0) is 62.9 Å². The lowest BCUT2D eigenvalue weighted by Crippen LogP contribution is -2.46. The minimum Gasteiger partial charge on any atom is -0.481 e. The monoisotopic (exact) mass is 371 g/mol. The second-order valence-corrected chi connectivity index (χ2v) is 7.31. The van der Waals surface area contributed by atoms with Crippen LogP contribution in [0.2, 0.25) is 0 Å². The fourth-order valence-electron chi connectivity index (χ4n) is 3.49. The number of rotatable bonds is 5. The summed E-state index contributed by atoms with van der Waals surface area (Å²) in [5.41, 5.74) is 3.28. The number of carbonyl (C=O) groups is 2. The minimum absolute atomic E-state index is 0.0694. The number of carboxylic acid groups (broad SMARTS) is 1. The number of carbonyl (C=O) groups excluding carboxylic acids is 1. The molecule has 1 fully saturated rings. The first-order chi connectivity index (χ1) is 12.8. The predicted molar refractivity (Wildman–Crippen MR) is 100 cm³/mol. The van der Waals surface area contributed by atoms with Crippen LogP contribution in [0.3, 0.4) is 0 Å². The van der Waals surface area contributed by atoms with Crippen LogP contribution < -0.4 is 5.32 Å². The minimum atomic E-state index is -0.973. The van der Waals surface area contributed by atoms with Crippen molar-refractivity contribution in [2.75, 3.05) is 19.8 Å². The number of hydrogen-bond donors (Lipinski definition) is 2. The van der Waals surface area contributed by atoms with Gasteiger partial charge in [-0.15, -0.1) is 0 Å². The van der Waals surface area contributed by atoms with Gasteiger partial charge >= 0.3 is 5.97 Å². The maximum absolute atomic E-state index is 12.6. The molecule has 1 aromatic carbocycles. The van der Waals surface area contributed by atoms with Gasteiger partial charge in [0.1, 0.15) is 0 Å². The van der Waals surface area contributed by atoms with Crippen molar-refractivity contribution in [1.82, 2.24) is 15.1 Å². The molecule has 0 unspecified atom stereocenters. The third-order valence-electron chi connectivity index (χ3n) is 5.06. The van der Waals surface area contributed by atoms with Gasteiger partial charge in [-0.25, -0.2) is 4.68 Å². The Morgan fingerprint density at radius 2 is 1.78 bits per heavy atom. The van der Waals surface area contributed by atoms with Gasteiger partial charge in [0, 0.05) is 25.5 Å². The van der Waals surface area contributed by atoms with Gasteiger partial charge in [-0.3, -0.25) is 9.59 Å². The van der Waals surface area contributed by atoms with Crippen molar-refractivity contribution in [2.24, 2.45) is 5.41 Å². The summed E-state index contributed by atoms with van der Waals surface area (Å²) in [4.78, 5) is 24.3. The van der Waals surface area contributed by atoms with Gasteiger partial charge in [-0.1, -0.05) is 6.07 Å². The molecule has 144 valence electrons. The maximum atomic E-state index is 12.6. The Labute approximate surface area is 158 Å². The highest BCUT2D eigenvalue weighted by molar-refractivity contribution is 5.92. The molecule has 0 bridgehead atoms. The van der Waals surface area contributed by atoms with Crippen molar-refractivity contribution < 1.29 is 19.4 Å². The van der Waals surface area contributed by atoms with E-state index in [1.54, 1.807) is 10.7 Å². The second-order valence-electron chi connectivity index (χ2n) is 7.31. The Morgan fingerprint density at radius 3 is 2.37 bits per heavy atom. The molecule has 0 spiro atoms. The normalized spacial score (nSPS) is 16.1. The first-order valence-electron chi connectivity index (χ1n) is 9.05. The van der Waals surface area contributed by atoms with Crippen LogP contribution in [-0.2, 0) is 9.53 Å². The highest BCUT2D eigenvalue weighted by Gasteiger charge is 2.40. The summed E-state index contributed by atoms with van der Waals surface area (Å²) in [6.07, 6.45) is 0.775. The van der Waals surface area contributed by atoms with Crippen LogP contribution in [0.15, 0.2) is 24.3 Å². The molecule has 1 saturated heterocycles. The summed E-state index contributed by atoms with van der Waals surface area (Å²) < 4.78 is 6.99. The van der Waals surface area contributed by atoms with E-state index in [4.69, 9.17) is 4.74 Å². The number of aryl methyl sites for hydroxylation is 3. The summed E-state index contributed by atoms with van der Waals surface area (Å²) in [5, 5.41) is 16.8. The molecule has 2 aromatic rings. The molecule has 0 radical (unpaired) electrons. The van der Waals surface area contributed by atoms with Crippen LogP contribution >= 0.6 is 0 Å². The van der Waals surface area contributed by atoms with E-state index in [0.29, 0.717) is 26.1 Å². The first kappa shape index (κ1) is 19.1. The molecule has 1 aromatic heterocycles.